The maximum Gasteiger partial charge on any atom is 0.336 e. The average Bonchev–Trinajstić information content (AvgIpc) is 2.51. The highest BCUT2D eigenvalue weighted by Gasteiger charge is 2.07. The zero-order valence-corrected chi connectivity index (χ0v) is 11.8. The molecule has 0 aliphatic rings. The van der Waals surface area contributed by atoms with E-state index in [0.717, 1.165) is 0 Å². The zero-order valence-electron chi connectivity index (χ0n) is 11.8. The summed E-state index contributed by atoms with van der Waals surface area (Å²) in [5, 5.41) is 21.0. The number of aromatic carboxylic acids is 1. The first-order chi connectivity index (χ1) is 10.5. The average molecular weight is 307 g/mol. The Morgan fingerprint density at radius 2 is 1.73 bits per heavy atom. The van der Waals surface area contributed by atoms with E-state index < -0.39 is 11.9 Å². The lowest BCUT2D eigenvalue weighted by Gasteiger charge is -2.01. The third-order valence-corrected chi connectivity index (χ3v) is 2.77. The molecule has 0 spiro atoms. The van der Waals surface area contributed by atoms with Gasteiger partial charge in [0.2, 0.25) is 11.8 Å². The quantitative estimate of drug-likeness (QED) is 0.245. The summed E-state index contributed by atoms with van der Waals surface area (Å²) in [5.41, 5.74) is 4.27. The minimum absolute atomic E-state index is 0.0931. The van der Waals surface area contributed by atoms with Crippen LogP contribution in [0.1, 0.15) is 41.6 Å². The summed E-state index contributed by atoms with van der Waals surface area (Å²) < 4.78 is 0. The highest BCUT2D eigenvalue weighted by molar-refractivity contribution is 5.98. The third-order valence-electron chi connectivity index (χ3n) is 2.77. The summed E-state index contributed by atoms with van der Waals surface area (Å²) in [6.45, 7) is 0. The molecule has 0 radical (unpaired) electrons. The van der Waals surface area contributed by atoms with Crippen molar-refractivity contribution < 1.29 is 24.7 Å². The summed E-state index contributed by atoms with van der Waals surface area (Å²) in [6, 6.07) is 6.29. The van der Waals surface area contributed by atoms with E-state index in [1.54, 1.807) is 18.2 Å². The van der Waals surface area contributed by atoms with E-state index in [-0.39, 0.29) is 24.3 Å². The van der Waals surface area contributed by atoms with Gasteiger partial charge in [-0.05, 0) is 18.9 Å². The maximum atomic E-state index is 11.5. The molecule has 2 amide bonds. The lowest BCUT2D eigenvalue weighted by Crippen LogP contribution is -2.19. The fourth-order valence-corrected chi connectivity index (χ4v) is 1.66. The summed E-state index contributed by atoms with van der Waals surface area (Å²) in [4.78, 5) is 33.2. The van der Waals surface area contributed by atoms with Gasteiger partial charge in [-0.2, -0.15) is 5.10 Å². The monoisotopic (exact) mass is 307 g/mol. The molecule has 0 fully saturated rings. The molecule has 4 N–H and O–H groups in total. The Hall–Kier alpha value is -2.74. The molecular formula is C14H17N3O5. The van der Waals surface area contributed by atoms with Crippen LogP contribution in [0.15, 0.2) is 29.4 Å². The number of hydroxylamine groups is 1. The van der Waals surface area contributed by atoms with Gasteiger partial charge < -0.3 is 5.11 Å². The van der Waals surface area contributed by atoms with Crippen LogP contribution in [0.2, 0.25) is 0 Å². The fraction of sp³-hybridized carbons (Fsp3) is 0.286. The SMILES string of the molecule is O=C(CCCCC(=O)N/N=C/c1ccccc1C(=O)O)NO. The number of hydrazone groups is 1. The Kier molecular flexibility index (Phi) is 7.27. The topological polar surface area (TPSA) is 128 Å². The molecule has 0 aliphatic carbocycles. The highest BCUT2D eigenvalue weighted by Crippen LogP contribution is 2.05. The van der Waals surface area contributed by atoms with Gasteiger partial charge >= 0.3 is 5.97 Å². The highest BCUT2D eigenvalue weighted by atomic mass is 16.5. The van der Waals surface area contributed by atoms with Crippen molar-refractivity contribution >= 4 is 24.0 Å². The second-order valence-corrected chi connectivity index (χ2v) is 4.43. The predicted molar refractivity (Wildman–Crippen MR) is 77.5 cm³/mol. The van der Waals surface area contributed by atoms with E-state index in [4.69, 9.17) is 10.3 Å². The van der Waals surface area contributed by atoms with Gasteiger partial charge in [0.15, 0.2) is 0 Å². The van der Waals surface area contributed by atoms with E-state index in [9.17, 15) is 14.4 Å². The van der Waals surface area contributed by atoms with Crippen LogP contribution in [0.5, 0.6) is 0 Å². The number of carbonyl (C=O) groups is 3. The van der Waals surface area contributed by atoms with Crippen LogP contribution >= 0.6 is 0 Å². The molecule has 0 saturated carbocycles. The Morgan fingerprint density at radius 1 is 1.09 bits per heavy atom. The van der Waals surface area contributed by atoms with Crippen LogP contribution in [0, 0.1) is 0 Å². The van der Waals surface area contributed by atoms with Crippen LogP contribution < -0.4 is 10.9 Å². The van der Waals surface area contributed by atoms with Crippen molar-refractivity contribution in [3.8, 4) is 0 Å². The molecule has 8 heteroatoms. The van der Waals surface area contributed by atoms with Crippen LogP contribution in [0.4, 0.5) is 0 Å². The predicted octanol–water partition coefficient (Wildman–Crippen LogP) is 0.901. The van der Waals surface area contributed by atoms with E-state index in [2.05, 4.69) is 10.5 Å². The van der Waals surface area contributed by atoms with Crippen LogP contribution in [0.3, 0.4) is 0 Å². The van der Waals surface area contributed by atoms with Crippen molar-refractivity contribution in [3.63, 3.8) is 0 Å². The van der Waals surface area contributed by atoms with E-state index >= 15 is 0 Å². The molecule has 0 saturated heterocycles. The molecule has 0 aliphatic heterocycles. The largest absolute Gasteiger partial charge is 0.478 e. The Balaban J connectivity index is 2.38. The number of hydrogen-bond donors (Lipinski definition) is 4. The van der Waals surface area contributed by atoms with Crippen molar-refractivity contribution in [3.05, 3.63) is 35.4 Å². The molecule has 0 heterocycles. The minimum atomic E-state index is -1.07. The van der Waals surface area contributed by atoms with Gasteiger partial charge in [0.1, 0.15) is 0 Å². The zero-order chi connectivity index (χ0) is 16.4. The van der Waals surface area contributed by atoms with Crippen molar-refractivity contribution in [1.82, 2.24) is 10.9 Å². The Bertz CT molecular complexity index is 571. The van der Waals surface area contributed by atoms with Gasteiger partial charge in [-0.25, -0.2) is 15.7 Å². The minimum Gasteiger partial charge on any atom is -0.478 e. The number of hydrogen-bond acceptors (Lipinski definition) is 5. The number of rotatable bonds is 8. The third kappa shape index (κ3) is 6.14. The summed E-state index contributed by atoms with van der Waals surface area (Å²) in [6.07, 6.45) is 2.52. The lowest BCUT2D eigenvalue weighted by atomic mass is 10.1. The normalized spacial score (nSPS) is 10.4. The van der Waals surface area contributed by atoms with Crippen LogP contribution in [-0.2, 0) is 9.59 Å². The molecule has 0 atom stereocenters. The molecule has 22 heavy (non-hydrogen) atoms. The number of nitrogens with zero attached hydrogens (tertiary/aromatic N) is 1. The molecule has 1 aromatic rings. The number of amides is 2. The molecule has 0 bridgehead atoms. The first-order valence-corrected chi connectivity index (χ1v) is 6.61. The van der Waals surface area contributed by atoms with Crippen LogP contribution in [0.25, 0.3) is 0 Å². The van der Waals surface area contributed by atoms with Crippen molar-refractivity contribution in [1.29, 1.82) is 0 Å². The van der Waals surface area contributed by atoms with Crippen molar-refractivity contribution in [2.24, 2.45) is 5.10 Å². The van der Waals surface area contributed by atoms with E-state index in [1.165, 1.54) is 17.8 Å². The van der Waals surface area contributed by atoms with E-state index in [1.807, 2.05) is 0 Å². The van der Waals surface area contributed by atoms with Crippen LogP contribution in [-0.4, -0.2) is 34.3 Å². The Morgan fingerprint density at radius 3 is 2.36 bits per heavy atom. The number of carboxylic acids is 1. The number of benzene rings is 1. The molecule has 0 aromatic heterocycles. The van der Waals surface area contributed by atoms with E-state index in [0.29, 0.717) is 18.4 Å². The van der Waals surface area contributed by atoms with Gasteiger partial charge in [0.05, 0.1) is 11.8 Å². The van der Waals surface area contributed by atoms with Gasteiger partial charge in [-0.3, -0.25) is 14.8 Å². The molecule has 1 rings (SSSR count). The summed E-state index contributed by atoms with van der Waals surface area (Å²) in [5.74, 6) is -1.91. The first kappa shape index (κ1) is 17.3. The lowest BCUT2D eigenvalue weighted by molar-refractivity contribution is -0.129. The second-order valence-electron chi connectivity index (χ2n) is 4.43. The number of carbonyl (C=O) groups excluding carboxylic acids is 2. The van der Waals surface area contributed by atoms with Gasteiger partial charge in [0, 0.05) is 18.4 Å². The number of carboxylic acid groups (broad SMARTS) is 1. The fourth-order valence-electron chi connectivity index (χ4n) is 1.66. The summed E-state index contributed by atoms with van der Waals surface area (Å²) in [7, 11) is 0. The first-order valence-electron chi connectivity index (χ1n) is 6.61. The number of unbranched alkanes of at least 4 members (excludes halogenated alkanes) is 1. The van der Waals surface area contributed by atoms with Gasteiger partial charge in [0.25, 0.3) is 0 Å². The smallest absolute Gasteiger partial charge is 0.336 e. The molecular weight excluding hydrogens is 290 g/mol. The van der Waals surface area contributed by atoms with Crippen molar-refractivity contribution in [2.75, 3.05) is 0 Å². The molecule has 8 nitrogen and oxygen atoms in total. The molecule has 1 aromatic carbocycles. The number of nitrogens with one attached hydrogen (secondary N) is 2. The maximum absolute atomic E-state index is 11.5. The van der Waals surface area contributed by atoms with Gasteiger partial charge in [-0.1, -0.05) is 18.2 Å². The molecule has 118 valence electrons. The van der Waals surface area contributed by atoms with Gasteiger partial charge in [-0.15, -0.1) is 0 Å². The Labute approximate surface area is 126 Å². The molecule has 0 unspecified atom stereocenters. The summed E-state index contributed by atoms with van der Waals surface area (Å²) >= 11 is 0. The standard InChI is InChI=1S/C14H17N3O5/c18-12(7-3-4-8-13(19)17-22)16-15-9-10-5-1-2-6-11(10)14(20)21/h1-2,5-6,9,22H,3-4,7-8H2,(H,16,18)(H,17,19)(H,20,21)/b15-9+. The second kappa shape index (κ2) is 9.24. The van der Waals surface area contributed by atoms with Crippen molar-refractivity contribution in [2.45, 2.75) is 25.7 Å².